The molecule has 1 atom stereocenters. The Labute approximate surface area is 150 Å². The van der Waals surface area contributed by atoms with E-state index in [4.69, 9.17) is 4.74 Å². The van der Waals surface area contributed by atoms with Gasteiger partial charge in [0.15, 0.2) is 0 Å². The van der Waals surface area contributed by atoms with E-state index in [1.54, 1.807) is 0 Å². The average Bonchev–Trinajstić information content (AvgIpc) is 3.08. The largest absolute Gasteiger partial charge is 0.373 e. The van der Waals surface area contributed by atoms with E-state index in [0.717, 1.165) is 52.2 Å². The first-order valence-corrected chi connectivity index (χ1v) is 9.25. The summed E-state index contributed by atoms with van der Waals surface area (Å²) in [6.07, 6.45) is 6.46. The molecular weight excluding hydrogens is 314 g/mol. The summed E-state index contributed by atoms with van der Waals surface area (Å²) in [5.74, 6) is 0. The molecule has 2 heterocycles. The molecule has 2 aliphatic heterocycles. The van der Waals surface area contributed by atoms with Crippen LogP contribution in [0.5, 0.6) is 0 Å². The van der Waals surface area contributed by atoms with Gasteiger partial charge < -0.3 is 15.0 Å². The Morgan fingerprint density at radius 2 is 2.00 bits per heavy atom. The van der Waals surface area contributed by atoms with Crippen LogP contribution in [0.15, 0.2) is 36.4 Å². The van der Waals surface area contributed by atoms with Gasteiger partial charge in [-0.25, -0.2) is 4.79 Å². The Bertz CT molecular complexity index is 574. The normalized spacial score (nSPS) is 24.8. The highest BCUT2D eigenvalue weighted by molar-refractivity contribution is 5.74. The lowest BCUT2D eigenvalue weighted by molar-refractivity contribution is 0.0214. The monoisotopic (exact) mass is 343 g/mol. The maximum absolute atomic E-state index is 12.3. The number of nitrogens with zero attached hydrogens (tertiary/aromatic N) is 2. The van der Waals surface area contributed by atoms with Gasteiger partial charge in [-0.15, -0.1) is 0 Å². The Balaban J connectivity index is 1.36. The number of urea groups is 1. The van der Waals surface area contributed by atoms with Gasteiger partial charge in [-0.05, 0) is 25.3 Å². The number of hydrogen-bond acceptors (Lipinski definition) is 3. The van der Waals surface area contributed by atoms with Crippen LogP contribution in [0.2, 0.25) is 0 Å². The first kappa shape index (κ1) is 18.0. The first-order valence-electron chi connectivity index (χ1n) is 9.25. The van der Waals surface area contributed by atoms with Crippen LogP contribution in [0.1, 0.15) is 25.3 Å². The highest BCUT2D eigenvalue weighted by Crippen LogP contribution is 2.23. The summed E-state index contributed by atoms with van der Waals surface area (Å²) in [4.78, 5) is 16.6. The summed E-state index contributed by atoms with van der Waals surface area (Å²) < 4.78 is 5.73. The van der Waals surface area contributed by atoms with Crippen molar-refractivity contribution in [3.63, 3.8) is 0 Å². The molecule has 0 aliphatic carbocycles. The molecule has 3 rings (SSSR count). The Kier molecular flexibility index (Phi) is 6.10. The zero-order chi connectivity index (χ0) is 17.5. The number of ether oxygens (including phenoxy) is 1. The van der Waals surface area contributed by atoms with Crippen LogP contribution in [0, 0.1) is 0 Å². The molecule has 25 heavy (non-hydrogen) atoms. The molecule has 2 fully saturated rings. The van der Waals surface area contributed by atoms with E-state index in [0.29, 0.717) is 6.54 Å². The van der Waals surface area contributed by atoms with E-state index < -0.39 is 0 Å². The van der Waals surface area contributed by atoms with Crippen molar-refractivity contribution < 1.29 is 9.53 Å². The van der Waals surface area contributed by atoms with Crippen LogP contribution in [-0.2, 0) is 4.74 Å². The number of piperazine rings is 1. The van der Waals surface area contributed by atoms with Crippen molar-refractivity contribution in [1.29, 1.82) is 0 Å². The fraction of sp³-hybridized carbons (Fsp3) is 0.550. The number of benzene rings is 1. The Morgan fingerprint density at radius 1 is 1.24 bits per heavy atom. The average molecular weight is 343 g/mol. The van der Waals surface area contributed by atoms with Gasteiger partial charge in [0.1, 0.15) is 0 Å². The smallest absolute Gasteiger partial charge is 0.317 e. The van der Waals surface area contributed by atoms with Crippen molar-refractivity contribution >= 4 is 12.1 Å². The molecule has 2 amide bonds. The van der Waals surface area contributed by atoms with Crippen LogP contribution in [0.3, 0.4) is 0 Å². The fourth-order valence-corrected chi connectivity index (χ4v) is 3.39. The van der Waals surface area contributed by atoms with Crippen LogP contribution in [-0.4, -0.2) is 67.3 Å². The quantitative estimate of drug-likeness (QED) is 0.894. The van der Waals surface area contributed by atoms with Crippen LogP contribution in [0.4, 0.5) is 4.79 Å². The van der Waals surface area contributed by atoms with E-state index >= 15 is 0 Å². The lowest BCUT2D eigenvalue weighted by atomic mass is 10.0. The molecule has 0 radical (unpaired) electrons. The third kappa shape index (κ3) is 5.31. The van der Waals surface area contributed by atoms with Crippen molar-refractivity contribution in [2.45, 2.75) is 25.4 Å². The van der Waals surface area contributed by atoms with Gasteiger partial charge in [-0.1, -0.05) is 42.5 Å². The predicted molar refractivity (Wildman–Crippen MR) is 100 cm³/mol. The van der Waals surface area contributed by atoms with Crippen LogP contribution in [0.25, 0.3) is 6.08 Å². The van der Waals surface area contributed by atoms with Gasteiger partial charge in [0.05, 0.1) is 5.60 Å². The van der Waals surface area contributed by atoms with E-state index in [2.05, 4.69) is 41.4 Å². The standard InChI is InChI=1S/C20H29N3O2/c1-20(10-6-16-25-20)17-21-19(24)23-14-12-22(13-15-23)11-5-9-18-7-3-2-4-8-18/h2-5,7-9H,6,10-17H2,1H3,(H,21,24)/b9-5+/t20-/m0/s1. The maximum Gasteiger partial charge on any atom is 0.317 e. The molecule has 1 N–H and O–H groups in total. The van der Waals surface area contributed by atoms with E-state index in [9.17, 15) is 4.79 Å². The molecule has 0 saturated carbocycles. The molecule has 136 valence electrons. The minimum absolute atomic E-state index is 0.0382. The maximum atomic E-state index is 12.3. The molecule has 0 aromatic heterocycles. The summed E-state index contributed by atoms with van der Waals surface area (Å²) >= 11 is 0. The van der Waals surface area contributed by atoms with E-state index in [1.165, 1.54) is 5.56 Å². The van der Waals surface area contributed by atoms with Gasteiger partial charge in [0.25, 0.3) is 0 Å². The number of nitrogens with one attached hydrogen (secondary N) is 1. The zero-order valence-corrected chi connectivity index (χ0v) is 15.1. The molecule has 1 aromatic rings. The molecule has 2 aliphatic rings. The lowest BCUT2D eigenvalue weighted by Crippen LogP contribution is -2.53. The molecule has 5 heteroatoms. The summed E-state index contributed by atoms with van der Waals surface area (Å²) in [5, 5.41) is 3.04. The van der Waals surface area contributed by atoms with Crippen molar-refractivity contribution in [3.05, 3.63) is 42.0 Å². The minimum Gasteiger partial charge on any atom is -0.373 e. The molecule has 1 aromatic carbocycles. The van der Waals surface area contributed by atoms with Crippen molar-refractivity contribution in [2.75, 3.05) is 45.9 Å². The lowest BCUT2D eigenvalue weighted by Gasteiger charge is -2.35. The van der Waals surface area contributed by atoms with Gasteiger partial charge in [-0.2, -0.15) is 0 Å². The van der Waals surface area contributed by atoms with Gasteiger partial charge >= 0.3 is 6.03 Å². The highest BCUT2D eigenvalue weighted by Gasteiger charge is 2.31. The summed E-state index contributed by atoms with van der Waals surface area (Å²) in [6.45, 7) is 7.81. The summed E-state index contributed by atoms with van der Waals surface area (Å²) in [5.41, 5.74) is 1.04. The first-order chi connectivity index (χ1) is 12.1. The molecule has 5 nitrogen and oxygen atoms in total. The number of amides is 2. The summed E-state index contributed by atoms with van der Waals surface area (Å²) in [6, 6.07) is 10.4. The predicted octanol–water partition coefficient (Wildman–Crippen LogP) is 2.60. The highest BCUT2D eigenvalue weighted by atomic mass is 16.5. The Hall–Kier alpha value is -1.85. The van der Waals surface area contributed by atoms with Crippen LogP contribution < -0.4 is 5.32 Å². The van der Waals surface area contributed by atoms with Crippen molar-refractivity contribution in [3.8, 4) is 0 Å². The topological polar surface area (TPSA) is 44.8 Å². The van der Waals surface area contributed by atoms with Gasteiger partial charge in [-0.3, -0.25) is 4.90 Å². The van der Waals surface area contributed by atoms with Crippen molar-refractivity contribution in [1.82, 2.24) is 15.1 Å². The molecule has 0 bridgehead atoms. The number of hydrogen-bond donors (Lipinski definition) is 1. The van der Waals surface area contributed by atoms with Crippen LogP contribution >= 0.6 is 0 Å². The third-order valence-corrected chi connectivity index (χ3v) is 5.05. The Morgan fingerprint density at radius 3 is 2.68 bits per heavy atom. The molecule has 0 unspecified atom stereocenters. The third-order valence-electron chi connectivity index (χ3n) is 5.05. The van der Waals surface area contributed by atoms with Crippen molar-refractivity contribution in [2.24, 2.45) is 0 Å². The van der Waals surface area contributed by atoms with Gasteiger partial charge in [0.2, 0.25) is 0 Å². The number of carbonyl (C=O) groups is 1. The van der Waals surface area contributed by atoms with E-state index in [1.807, 2.05) is 23.1 Å². The molecular formula is C20H29N3O2. The second kappa shape index (κ2) is 8.50. The number of carbonyl (C=O) groups excluding carboxylic acids is 1. The number of rotatable bonds is 5. The fourth-order valence-electron chi connectivity index (χ4n) is 3.39. The van der Waals surface area contributed by atoms with E-state index in [-0.39, 0.29) is 11.6 Å². The molecule has 0 spiro atoms. The minimum atomic E-state index is -0.181. The second-order valence-electron chi connectivity index (χ2n) is 7.16. The zero-order valence-electron chi connectivity index (χ0n) is 15.1. The molecule has 2 saturated heterocycles. The second-order valence-corrected chi connectivity index (χ2v) is 7.16. The van der Waals surface area contributed by atoms with Gasteiger partial charge in [0, 0.05) is 45.9 Å². The SMILES string of the molecule is C[C@@]1(CNC(=O)N2CCN(C/C=C/c3ccccc3)CC2)CCCO1. The summed E-state index contributed by atoms with van der Waals surface area (Å²) in [7, 11) is 0.